The first-order valence-corrected chi connectivity index (χ1v) is 2.34. The van der Waals surface area contributed by atoms with Gasteiger partial charge in [0.1, 0.15) is 0 Å². The van der Waals surface area contributed by atoms with E-state index >= 15 is 0 Å². The van der Waals surface area contributed by atoms with Crippen molar-refractivity contribution in [3.63, 3.8) is 0 Å². The molecule has 0 bridgehead atoms. The molecule has 0 aliphatic carbocycles. The summed E-state index contributed by atoms with van der Waals surface area (Å²) in [5.74, 6) is 0. The van der Waals surface area contributed by atoms with Crippen molar-refractivity contribution in [2.75, 3.05) is 0 Å². The maximum atomic E-state index is 4.64. The van der Waals surface area contributed by atoms with Gasteiger partial charge >= 0.3 is 28.7 Å². The Morgan fingerprint density at radius 2 is 1.25 bits per heavy atom. The van der Waals surface area contributed by atoms with Crippen molar-refractivity contribution in [1.29, 1.82) is 0 Å². The van der Waals surface area contributed by atoms with E-state index in [2.05, 4.69) is 9.30 Å². The zero-order chi connectivity index (χ0) is 2.00. The molecule has 0 aromatic heterocycles. The summed E-state index contributed by atoms with van der Waals surface area (Å²) in [5.41, 5.74) is 0. The average molecular weight is 137 g/mol. The Hall–Kier alpha value is 1.25. The molecule has 0 amide bonds. The van der Waals surface area contributed by atoms with Gasteiger partial charge < -0.3 is 18.6 Å². The van der Waals surface area contributed by atoms with Crippen molar-refractivity contribution >= 4 is 9.30 Å². The Labute approximate surface area is 47.4 Å². The SMILES string of the molecule is [Cl-].[Cl][Ti].[NH4+]. The third kappa shape index (κ3) is 10.5. The van der Waals surface area contributed by atoms with Crippen LogP contribution in [0.4, 0.5) is 0 Å². The van der Waals surface area contributed by atoms with Gasteiger partial charge in [0.25, 0.3) is 0 Å². The van der Waals surface area contributed by atoms with Crippen molar-refractivity contribution in [2.24, 2.45) is 0 Å². The van der Waals surface area contributed by atoms with Gasteiger partial charge in [0.05, 0.1) is 0 Å². The van der Waals surface area contributed by atoms with E-state index in [0.717, 1.165) is 0 Å². The molecule has 0 aromatic carbocycles. The Morgan fingerprint density at radius 1 is 1.25 bits per heavy atom. The van der Waals surface area contributed by atoms with Crippen LogP contribution in [0.5, 0.6) is 0 Å². The number of halogens is 2. The van der Waals surface area contributed by atoms with Crippen LogP contribution in [-0.2, 0) is 19.4 Å². The monoisotopic (exact) mass is 136 g/mol. The van der Waals surface area contributed by atoms with E-state index < -0.39 is 0 Å². The summed E-state index contributed by atoms with van der Waals surface area (Å²) >= 11 is 1.47. The molecule has 0 unspecified atom stereocenters. The Bertz CT molecular complexity index is 6.00. The van der Waals surface area contributed by atoms with Gasteiger partial charge in [-0.15, -0.1) is 0 Å². The molecule has 0 radical (unpaired) electrons. The first kappa shape index (κ1) is 18.7. The molecule has 0 aliphatic heterocycles. The Balaban J connectivity index is -0.00000000500. The molecule has 4 N–H and O–H groups in total. The van der Waals surface area contributed by atoms with Crippen LogP contribution < -0.4 is 18.6 Å². The topological polar surface area (TPSA) is 36.5 Å². The second-order valence-corrected chi connectivity index (χ2v) is 0. The number of quaternary nitrogens is 1. The van der Waals surface area contributed by atoms with E-state index in [1.54, 1.807) is 0 Å². The molecule has 0 saturated heterocycles. The standard InChI is InChI=1S/2ClH.H3N.Ti/h2*1H;1H3;/q;;;+1/p-1. The summed E-state index contributed by atoms with van der Waals surface area (Å²) in [6.07, 6.45) is 0. The number of hydrogen-bond acceptors (Lipinski definition) is 0. The first-order valence-electron chi connectivity index (χ1n) is 0.189. The van der Waals surface area contributed by atoms with Gasteiger partial charge in [-0.25, -0.2) is 0 Å². The van der Waals surface area contributed by atoms with E-state index in [1.807, 2.05) is 0 Å². The molecule has 0 spiro atoms. The van der Waals surface area contributed by atoms with Crippen molar-refractivity contribution in [2.45, 2.75) is 0 Å². The molecule has 0 heterocycles. The van der Waals surface area contributed by atoms with Crippen LogP contribution in [0.1, 0.15) is 0 Å². The van der Waals surface area contributed by atoms with Gasteiger partial charge in [-0.2, -0.15) is 0 Å². The van der Waals surface area contributed by atoms with Crippen LogP contribution in [0.2, 0.25) is 0 Å². The zero-order valence-electron chi connectivity index (χ0n) is 2.26. The Morgan fingerprint density at radius 3 is 1.25 bits per heavy atom. The minimum absolute atomic E-state index is 0. The number of hydrogen-bond donors (Lipinski definition) is 1. The van der Waals surface area contributed by atoms with Gasteiger partial charge in [0.15, 0.2) is 0 Å². The van der Waals surface area contributed by atoms with Gasteiger partial charge in [-0.1, -0.05) is 0 Å². The van der Waals surface area contributed by atoms with E-state index in [9.17, 15) is 0 Å². The molecule has 4 heavy (non-hydrogen) atoms. The second kappa shape index (κ2) is 28.6. The minimum Gasteiger partial charge on any atom is -0.369 e. The predicted molar refractivity (Wildman–Crippen MR) is 11.8 cm³/mol. The molecule has 0 aromatic rings. The second-order valence-electron chi connectivity index (χ2n) is 0. The maximum absolute atomic E-state index is 4.64. The summed E-state index contributed by atoms with van der Waals surface area (Å²) in [6, 6.07) is 0. The molecule has 1 nitrogen and oxygen atoms in total. The summed E-state index contributed by atoms with van der Waals surface area (Å²) < 4.78 is 0. The fraction of sp³-hybridized carbons (Fsp3) is 0. The van der Waals surface area contributed by atoms with E-state index in [1.165, 1.54) is 19.4 Å². The fourth-order valence-corrected chi connectivity index (χ4v) is 0. The fourth-order valence-electron chi connectivity index (χ4n) is 0. The minimum atomic E-state index is 0. The molecular weight excluding hydrogens is 133 g/mol. The van der Waals surface area contributed by atoms with Crippen LogP contribution in [0.3, 0.4) is 0 Å². The number of rotatable bonds is 0. The molecule has 0 rings (SSSR count). The maximum Gasteiger partial charge on any atom is -0.369 e. The van der Waals surface area contributed by atoms with Crippen LogP contribution in [0.25, 0.3) is 0 Å². The Kier molecular flexibility index (Phi) is 134. The average Bonchev–Trinajstić information content (AvgIpc) is 1.00. The molecule has 0 saturated carbocycles. The van der Waals surface area contributed by atoms with Crippen LogP contribution in [0, 0.1) is 0 Å². The predicted octanol–water partition coefficient (Wildman–Crippen LogP) is -1.93. The molecule has 27 valence electrons. The van der Waals surface area contributed by atoms with Crippen LogP contribution in [-0.4, -0.2) is 0 Å². The zero-order valence-corrected chi connectivity index (χ0v) is 5.33. The third-order valence-electron chi connectivity index (χ3n) is 0. The van der Waals surface area contributed by atoms with Gasteiger partial charge in [0.2, 0.25) is 0 Å². The van der Waals surface area contributed by atoms with Crippen LogP contribution in [0.15, 0.2) is 0 Å². The molecule has 0 aliphatic rings. The van der Waals surface area contributed by atoms with Crippen molar-refractivity contribution in [3.05, 3.63) is 0 Å². The largest absolute Gasteiger partial charge is 0.369 e. The summed E-state index contributed by atoms with van der Waals surface area (Å²) in [5, 5.41) is 0. The summed E-state index contributed by atoms with van der Waals surface area (Å²) in [6.45, 7) is 0. The first-order chi connectivity index (χ1) is 1.00. The quantitative estimate of drug-likeness (QED) is 0.377. The summed E-state index contributed by atoms with van der Waals surface area (Å²) in [4.78, 5) is 0. The van der Waals surface area contributed by atoms with Gasteiger partial charge in [-0.3, -0.25) is 0 Å². The molecule has 4 heteroatoms. The van der Waals surface area contributed by atoms with Crippen LogP contribution >= 0.6 is 9.30 Å². The molecule has 0 fully saturated rings. The van der Waals surface area contributed by atoms with Gasteiger partial charge in [0, 0.05) is 0 Å². The molecular formula is H4Cl2NTi. The van der Waals surface area contributed by atoms with Crippen molar-refractivity contribution in [1.82, 2.24) is 6.15 Å². The van der Waals surface area contributed by atoms with E-state index in [4.69, 9.17) is 0 Å². The van der Waals surface area contributed by atoms with E-state index in [0.29, 0.717) is 0 Å². The normalized spacial score (nSPS) is 1.00. The third-order valence-corrected chi connectivity index (χ3v) is 0. The van der Waals surface area contributed by atoms with E-state index in [-0.39, 0.29) is 18.6 Å². The van der Waals surface area contributed by atoms with Crippen molar-refractivity contribution in [3.8, 4) is 0 Å². The smallest absolute Gasteiger partial charge is 0.369 e. The van der Waals surface area contributed by atoms with Gasteiger partial charge in [-0.05, 0) is 0 Å². The van der Waals surface area contributed by atoms with Crippen molar-refractivity contribution < 1.29 is 31.8 Å². The molecule has 0 atom stereocenters. The summed E-state index contributed by atoms with van der Waals surface area (Å²) in [7, 11) is 4.64.